The summed E-state index contributed by atoms with van der Waals surface area (Å²) in [6.45, 7) is -0.319. The average molecular weight is 267 g/mol. The first kappa shape index (κ1) is 12.1. The van der Waals surface area contributed by atoms with Crippen LogP contribution in [-0.2, 0) is 4.74 Å². The molecule has 0 aromatic carbocycles. The number of imidazole rings is 1. The zero-order valence-corrected chi connectivity index (χ0v) is 9.85. The topological polar surface area (TPSA) is 139 Å². The quantitative estimate of drug-likeness (QED) is 0.510. The lowest BCUT2D eigenvalue weighted by atomic mass is 10.2. The van der Waals surface area contributed by atoms with Crippen molar-refractivity contribution in [1.29, 1.82) is 0 Å². The molecule has 0 saturated carbocycles. The molecule has 5 N–H and O–H groups in total. The van der Waals surface area contributed by atoms with Crippen LogP contribution in [0.15, 0.2) is 11.1 Å². The second-order valence-electron chi connectivity index (χ2n) is 4.37. The summed E-state index contributed by atoms with van der Waals surface area (Å²) in [4.78, 5) is 22.2. The van der Waals surface area contributed by atoms with Crippen LogP contribution >= 0.6 is 0 Å². The van der Waals surface area contributed by atoms with Gasteiger partial charge in [-0.15, -0.1) is 0 Å². The summed E-state index contributed by atoms with van der Waals surface area (Å²) in [6.07, 6.45) is -0.822. The highest BCUT2D eigenvalue weighted by atomic mass is 16.5. The molecule has 1 saturated heterocycles. The standard InChI is InChI=1S/C10H13N5O4/c11-8-7-9(13-3-12-8)14-10(18)15(7)6-1-4(17)5(2-16)19-6/h3-6,16-17H,1-2H2,(H3,11,12,13,14,18)/t4-,5+,6+/m0/s1. The number of nitrogens with one attached hydrogen (secondary N) is 1. The van der Waals surface area contributed by atoms with E-state index in [0.29, 0.717) is 11.2 Å². The van der Waals surface area contributed by atoms with E-state index in [-0.39, 0.29) is 18.8 Å². The average Bonchev–Trinajstić information content (AvgIpc) is 2.89. The molecule has 0 spiro atoms. The number of aliphatic hydroxyl groups is 2. The maximum Gasteiger partial charge on any atom is 0.329 e. The third kappa shape index (κ3) is 1.79. The Bertz CT molecular complexity index is 665. The van der Waals surface area contributed by atoms with Crippen LogP contribution in [-0.4, -0.2) is 48.5 Å². The Morgan fingerprint density at radius 2 is 2.37 bits per heavy atom. The van der Waals surface area contributed by atoms with Crippen LogP contribution in [0.5, 0.6) is 0 Å². The maximum atomic E-state index is 11.9. The van der Waals surface area contributed by atoms with Crippen LogP contribution in [0.25, 0.3) is 11.2 Å². The summed E-state index contributed by atoms with van der Waals surface area (Å²) in [5.41, 5.74) is 5.94. The summed E-state index contributed by atoms with van der Waals surface area (Å²) in [5.74, 6) is 0.147. The minimum absolute atomic E-state index is 0.147. The lowest BCUT2D eigenvalue weighted by Crippen LogP contribution is -2.25. The summed E-state index contributed by atoms with van der Waals surface area (Å²) in [7, 11) is 0. The predicted molar refractivity (Wildman–Crippen MR) is 64.2 cm³/mol. The number of nitrogen functional groups attached to an aromatic ring is 1. The second kappa shape index (κ2) is 4.30. The fourth-order valence-electron chi connectivity index (χ4n) is 2.30. The molecule has 3 atom stereocenters. The first-order valence-corrected chi connectivity index (χ1v) is 5.77. The Morgan fingerprint density at radius 1 is 1.58 bits per heavy atom. The van der Waals surface area contributed by atoms with Crippen LogP contribution in [0.4, 0.5) is 5.82 Å². The lowest BCUT2D eigenvalue weighted by Gasteiger charge is -2.13. The number of aromatic amines is 1. The number of hydrogen-bond donors (Lipinski definition) is 4. The monoisotopic (exact) mass is 267 g/mol. The number of aliphatic hydroxyl groups excluding tert-OH is 2. The van der Waals surface area contributed by atoms with Gasteiger partial charge in [0.1, 0.15) is 24.2 Å². The molecule has 0 amide bonds. The van der Waals surface area contributed by atoms with Crippen molar-refractivity contribution in [3.05, 3.63) is 16.8 Å². The molecule has 9 nitrogen and oxygen atoms in total. The Morgan fingerprint density at radius 3 is 3.05 bits per heavy atom. The van der Waals surface area contributed by atoms with Crippen LogP contribution in [0, 0.1) is 0 Å². The minimum Gasteiger partial charge on any atom is -0.394 e. The van der Waals surface area contributed by atoms with E-state index in [2.05, 4.69) is 15.0 Å². The van der Waals surface area contributed by atoms with Gasteiger partial charge in [-0.05, 0) is 0 Å². The Kier molecular flexibility index (Phi) is 2.73. The van der Waals surface area contributed by atoms with Gasteiger partial charge in [0.05, 0.1) is 12.7 Å². The number of aromatic nitrogens is 4. The van der Waals surface area contributed by atoms with Gasteiger partial charge < -0.3 is 20.7 Å². The van der Waals surface area contributed by atoms with Gasteiger partial charge in [-0.25, -0.2) is 14.8 Å². The number of H-pyrrole nitrogens is 1. The Labute approximate surface area is 106 Å². The first-order valence-electron chi connectivity index (χ1n) is 5.77. The highest BCUT2D eigenvalue weighted by Gasteiger charge is 2.36. The zero-order valence-electron chi connectivity index (χ0n) is 9.85. The van der Waals surface area contributed by atoms with Crippen LogP contribution < -0.4 is 11.4 Å². The van der Waals surface area contributed by atoms with Crippen LogP contribution in [0.3, 0.4) is 0 Å². The van der Waals surface area contributed by atoms with E-state index < -0.39 is 24.1 Å². The summed E-state index contributed by atoms with van der Waals surface area (Å²) < 4.78 is 6.71. The molecule has 2 aromatic heterocycles. The van der Waals surface area contributed by atoms with Crippen LogP contribution in [0.1, 0.15) is 12.6 Å². The highest BCUT2D eigenvalue weighted by Crippen LogP contribution is 2.30. The van der Waals surface area contributed by atoms with Crippen molar-refractivity contribution in [1.82, 2.24) is 19.5 Å². The minimum atomic E-state index is -0.835. The SMILES string of the molecule is Nc1ncnc2[nH]c(=O)n([C@H]3C[C@H](O)[C@@H](CO)O3)c12. The van der Waals surface area contributed by atoms with Gasteiger partial charge in [0.2, 0.25) is 0 Å². The third-order valence-corrected chi connectivity index (χ3v) is 3.21. The number of hydrogen-bond acceptors (Lipinski definition) is 7. The molecule has 9 heteroatoms. The third-order valence-electron chi connectivity index (χ3n) is 3.21. The van der Waals surface area contributed by atoms with Crippen molar-refractivity contribution >= 4 is 17.0 Å². The number of fused-ring (bicyclic) bond motifs is 1. The van der Waals surface area contributed by atoms with Gasteiger partial charge in [0, 0.05) is 6.42 Å². The summed E-state index contributed by atoms with van der Waals surface area (Å²) in [6, 6.07) is 0. The molecule has 1 aliphatic rings. The number of nitrogens with two attached hydrogens (primary N) is 1. The molecule has 3 rings (SSSR count). The molecule has 2 aromatic rings. The number of ether oxygens (including phenoxy) is 1. The smallest absolute Gasteiger partial charge is 0.329 e. The molecule has 0 bridgehead atoms. The molecule has 1 aliphatic heterocycles. The fraction of sp³-hybridized carbons (Fsp3) is 0.500. The van der Waals surface area contributed by atoms with Gasteiger partial charge >= 0.3 is 5.69 Å². The summed E-state index contributed by atoms with van der Waals surface area (Å²) >= 11 is 0. The van der Waals surface area contributed by atoms with Gasteiger partial charge in [-0.1, -0.05) is 0 Å². The highest BCUT2D eigenvalue weighted by molar-refractivity contribution is 5.81. The Hall–Kier alpha value is -1.97. The lowest BCUT2D eigenvalue weighted by molar-refractivity contribution is -0.0439. The van der Waals surface area contributed by atoms with Crippen molar-refractivity contribution in [3.8, 4) is 0 Å². The maximum absolute atomic E-state index is 11.9. The van der Waals surface area contributed by atoms with Gasteiger partial charge in [0.25, 0.3) is 0 Å². The summed E-state index contributed by atoms with van der Waals surface area (Å²) in [5, 5.41) is 18.8. The Balaban J connectivity index is 2.11. The normalized spacial score (nSPS) is 27.2. The largest absolute Gasteiger partial charge is 0.394 e. The van der Waals surface area contributed by atoms with Gasteiger partial charge in [-0.2, -0.15) is 0 Å². The molecule has 3 heterocycles. The molecule has 0 unspecified atom stereocenters. The van der Waals surface area contributed by atoms with E-state index in [0.717, 1.165) is 0 Å². The van der Waals surface area contributed by atoms with E-state index >= 15 is 0 Å². The molecule has 102 valence electrons. The van der Waals surface area contributed by atoms with Crippen molar-refractivity contribution < 1.29 is 14.9 Å². The second-order valence-corrected chi connectivity index (χ2v) is 4.37. The van der Waals surface area contributed by atoms with Crippen LogP contribution in [0.2, 0.25) is 0 Å². The molecular weight excluding hydrogens is 254 g/mol. The van der Waals surface area contributed by atoms with E-state index in [1.807, 2.05) is 0 Å². The van der Waals surface area contributed by atoms with E-state index in [1.54, 1.807) is 0 Å². The molecule has 1 fully saturated rings. The van der Waals surface area contributed by atoms with E-state index in [4.69, 9.17) is 15.6 Å². The van der Waals surface area contributed by atoms with E-state index in [9.17, 15) is 9.90 Å². The first-order chi connectivity index (χ1) is 9.11. The van der Waals surface area contributed by atoms with Gasteiger partial charge in [0.15, 0.2) is 11.5 Å². The number of rotatable bonds is 2. The van der Waals surface area contributed by atoms with Crippen molar-refractivity contribution in [2.45, 2.75) is 24.9 Å². The number of anilines is 1. The molecule has 0 radical (unpaired) electrons. The molecular formula is C10H13N5O4. The fourth-order valence-corrected chi connectivity index (χ4v) is 2.30. The predicted octanol–water partition coefficient (Wildman–Crippen LogP) is -1.66. The van der Waals surface area contributed by atoms with Crippen molar-refractivity contribution in [3.63, 3.8) is 0 Å². The van der Waals surface area contributed by atoms with Crippen molar-refractivity contribution in [2.75, 3.05) is 12.3 Å². The van der Waals surface area contributed by atoms with Gasteiger partial charge in [-0.3, -0.25) is 9.55 Å². The molecule has 0 aliphatic carbocycles. The van der Waals surface area contributed by atoms with E-state index in [1.165, 1.54) is 10.9 Å². The number of nitrogens with zero attached hydrogens (tertiary/aromatic N) is 3. The van der Waals surface area contributed by atoms with Crippen molar-refractivity contribution in [2.24, 2.45) is 0 Å². The zero-order chi connectivity index (χ0) is 13.6. The molecule has 19 heavy (non-hydrogen) atoms.